The van der Waals surface area contributed by atoms with Crippen LogP contribution in [0.5, 0.6) is 0 Å². The third-order valence-electron chi connectivity index (χ3n) is 5.90. The summed E-state index contributed by atoms with van der Waals surface area (Å²) in [4.78, 5) is 32.4. The molecule has 2 aromatic carbocycles. The second kappa shape index (κ2) is 10.5. The summed E-state index contributed by atoms with van der Waals surface area (Å²) in [6.45, 7) is 5.10. The fourth-order valence-electron chi connectivity index (χ4n) is 3.99. The van der Waals surface area contributed by atoms with Gasteiger partial charge in [0.1, 0.15) is 0 Å². The van der Waals surface area contributed by atoms with Gasteiger partial charge in [0, 0.05) is 60.5 Å². The van der Waals surface area contributed by atoms with Crippen molar-refractivity contribution in [2.45, 2.75) is 23.5 Å². The van der Waals surface area contributed by atoms with Gasteiger partial charge in [-0.15, -0.1) is 11.8 Å². The minimum absolute atomic E-state index is 0.0717. The zero-order valence-corrected chi connectivity index (χ0v) is 19.2. The first kappa shape index (κ1) is 22.2. The largest absolute Gasteiger partial charge is 0.342 e. The van der Waals surface area contributed by atoms with Crippen LogP contribution >= 0.6 is 23.4 Å². The fraction of sp³-hybridized carbons (Fsp3) is 0.417. The number of carbonyl (C=O) groups excluding carboxylic acids is 2. The first-order valence-corrected chi connectivity index (χ1v) is 12.2. The lowest BCUT2D eigenvalue weighted by molar-refractivity contribution is -0.131. The molecule has 31 heavy (non-hydrogen) atoms. The Bertz CT molecular complexity index is 890. The van der Waals surface area contributed by atoms with Gasteiger partial charge in [0.2, 0.25) is 5.91 Å². The molecule has 0 saturated carbocycles. The minimum atomic E-state index is 0.0717. The summed E-state index contributed by atoms with van der Waals surface area (Å²) in [6.07, 6.45) is 2.24. The van der Waals surface area contributed by atoms with Crippen molar-refractivity contribution in [2.24, 2.45) is 0 Å². The molecule has 2 aromatic rings. The van der Waals surface area contributed by atoms with Gasteiger partial charge in [-0.3, -0.25) is 14.5 Å². The monoisotopic (exact) mass is 457 g/mol. The Balaban J connectivity index is 1.24. The van der Waals surface area contributed by atoms with E-state index in [0.717, 1.165) is 55.4 Å². The number of hydrogen-bond acceptors (Lipinski definition) is 4. The smallest absolute Gasteiger partial charge is 0.253 e. The molecule has 4 rings (SSSR count). The van der Waals surface area contributed by atoms with Crippen molar-refractivity contribution in [3.8, 4) is 0 Å². The predicted octanol–water partition coefficient (Wildman–Crippen LogP) is 4.01. The summed E-state index contributed by atoms with van der Waals surface area (Å²) >= 11 is 7.68. The van der Waals surface area contributed by atoms with Crippen LogP contribution in [0.4, 0.5) is 0 Å². The first-order valence-electron chi connectivity index (χ1n) is 10.9. The Kier molecular flexibility index (Phi) is 7.54. The van der Waals surface area contributed by atoms with Gasteiger partial charge in [-0.2, -0.15) is 0 Å². The molecule has 2 heterocycles. The number of benzene rings is 2. The molecule has 5 nitrogen and oxygen atoms in total. The molecule has 2 saturated heterocycles. The molecule has 7 heteroatoms. The second-order valence-electron chi connectivity index (χ2n) is 8.10. The van der Waals surface area contributed by atoms with Crippen LogP contribution in [0.25, 0.3) is 0 Å². The zero-order valence-electron chi connectivity index (χ0n) is 17.6. The van der Waals surface area contributed by atoms with E-state index < -0.39 is 0 Å². The number of halogens is 1. The predicted molar refractivity (Wildman–Crippen MR) is 126 cm³/mol. The van der Waals surface area contributed by atoms with Gasteiger partial charge >= 0.3 is 0 Å². The van der Waals surface area contributed by atoms with Gasteiger partial charge in [-0.05, 0) is 54.8 Å². The number of rotatable bonds is 6. The summed E-state index contributed by atoms with van der Waals surface area (Å²) in [5, 5.41) is 0.742. The topological polar surface area (TPSA) is 43.9 Å². The summed E-state index contributed by atoms with van der Waals surface area (Å²) in [5.74, 6) is 1.14. The van der Waals surface area contributed by atoms with Gasteiger partial charge in [0.25, 0.3) is 5.91 Å². The third kappa shape index (κ3) is 6.03. The Labute approximate surface area is 193 Å². The average molecular weight is 458 g/mol. The van der Waals surface area contributed by atoms with Crippen molar-refractivity contribution in [3.63, 3.8) is 0 Å². The maximum atomic E-state index is 12.9. The van der Waals surface area contributed by atoms with E-state index in [-0.39, 0.29) is 11.8 Å². The molecular formula is C24H28ClN3O2S. The molecule has 0 N–H and O–H groups in total. The Hall–Kier alpha value is -2.02. The summed E-state index contributed by atoms with van der Waals surface area (Å²) in [7, 11) is 0. The molecule has 2 aliphatic heterocycles. The third-order valence-corrected chi connectivity index (χ3v) is 7.23. The molecule has 0 unspecified atom stereocenters. The maximum absolute atomic E-state index is 12.9. The van der Waals surface area contributed by atoms with Gasteiger partial charge in [-0.1, -0.05) is 23.7 Å². The molecule has 0 spiro atoms. The van der Waals surface area contributed by atoms with E-state index in [9.17, 15) is 9.59 Å². The number of hydrogen-bond donors (Lipinski definition) is 0. The lowest BCUT2D eigenvalue weighted by Crippen LogP contribution is -2.51. The summed E-state index contributed by atoms with van der Waals surface area (Å²) in [6, 6.07) is 15.7. The van der Waals surface area contributed by atoms with Gasteiger partial charge in [-0.25, -0.2) is 0 Å². The minimum Gasteiger partial charge on any atom is -0.342 e. The van der Waals surface area contributed by atoms with Gasteiger partial charge in [0.05, 0.1) is 6.54 Å². The van der Waals surface area contributed by atoms with Crippen molar-refractivity contribution < 1.29 is 9.59 Å². The average Bonchev–Trinajstić information content (AvgIpc) is 3.34. The van der Waals surface area contributed by atoms with Crippen LogP contribution in [0.3, 0.4) is 0 Å². The fourth-order valence-corrected chi connectivity index (χ4v) is 4.97. The second-order valence-corrected chi connectivity index (χ2v) is 9.58. The number of carbonyl (C=O) groups is 2. The zero-order chi connectivity index (χ0) is 21.6. The Morgan fingerprint density at radius 1 is 0.806 bits per heavy atom. The van der Waals surface area contributed by atoms with Gasteiger partial charge in [0.15, 0.2) is 0 Å². The van der Waals surface area contributed by atoms with E-state index in [2.05, 4.69) is 4.90 Å². The van der Waals surface area contributed by atoms with Crippen LogP contribution in [0, 0.1) is 0 Å². The van der Waals surface area contributed by atoms with E-state index in [0.29, 0.717) is 19.6 Å². The van der Waals surface area contributed by atoms with Crippen LogP contribution in [-0.2, 0) is 10.5 Å². The number of amides is 2. The quantitative estimate of drug-likeness (QED) is 0.615. The molecule has 164 valence electrons. The lowest BCUT2D eigenvalue weighted by atomic mass is 10.1. The molecule has 0 atom stereocenters. The number of likely N-dealkylation sites (tertiary alicyclic amines) is 1. The van der Waals surface area contributed by atoms with Crippen LogP contribution in [-0.4, -0.2) is 72.3 Å². The van der Waals surface area contributed by atoms with Crippen LogP contribution in [0.15, 0.2) is 53.4 Å². The number of piperazine rings is 1. The molecular weight excluding hydrogens is 430 g/mol. The van der Waals surface area contributed by atoms with Crippen molar-refractivity contribution in [1.29, 1.82) is 0 Å². The molecule has 2 amide bonds. The highest BCUT2D eigenvalue weighted by Crippen LogP contribution is 2.24. The standard InChI is InChI=1S/C24H28ClN3O2S/c25-21-7-9-22(10-8-21)31-18-19-3-5-20(6-4-19)24(30)28-15-13-26(14-16-28)17-23(29)27-11-1-2-12-27/h3-10H,1-2,11-18H2. The van der Waals surface area contributed by atoms with Crippen LogP contribution < -0.4 is 0 Å². The van der Waals surface area contributed by atoms with Crippen molar-refractivity contribution in [3.05, 3.63) is 64.7 Å². The Morgan fingerprint density at radius 2 is 1.45 bits per heavy atom. The Morgan fingerprint density at radius 3 is 2.10 bits per heavy atom. The van der Waals surface area contributed by atoms with E-state index in [1.165, 1.54) is 10.5 Å². The van der Waals surface area contributed by atoms with Crippen molar-refractivity contribution in [1.82, 2.24) is 14.7 Å². The van der Waals surface area contributed by atoms with E-state index in [4.69, 9.17) is 11.6 Å². The SMILES string of the molecule is O=C(CN1CCN(C(=O)c2ccc(CSc3ccc(Cl)cc3)cc2)CC1)N1CCCC1. The molecule has 0 aromatic heterocycles. The summed E-state index contributed by atoms with van der Waals surface area (Å²) in [5.41, 5.74) is 1.91. The van der Waals surface area contributed by atoms with Crippen molar-refractivity contribution in [2.75, 3.05) is 45.8 Å². The lowest BCUT2D eigenvalue weighted by Gasteiger charge is -2.35. The summed E-state index contributed by atoms with van der Waals surface area (Å²) < 4.78 is 0. The maximum Gasteiger partial charge on any atom is 0.253 e. The molecule has 2 aliphatic rings. The molecule has 0 aliphatic carbocycles. The highest BCUT2D eigenvalue weighted by atomic mass is 35.5. The normalized spacial score (nSPS) is 17.2. The van der Waals surface area contributed by atoms with E-state index in [1.54, 1.807) is 11.8 Å². The van der Waals surface area contributed by atoms with Crippen LogP contribution in [0.2, 0.25) is 5.02 Å². The molecule has 0 bridgehead atoms. The number of thioether (sulfide) groups is 1. The van der Waals surface area contributed by atoms with Crippen molar-refractivity contribution >= 4 is 35.2 Å². The highest BCUT2D eigenvalue weighted by molar-refractivity contribution is 7.98. The molecule has 0 radical (unpaired) electrons. The van der Waals surface area contributed by atoms with Gasteiger partial charge < -0.3 is 9.80 Å². The van der Waals surface area contributed by atoms with Crippen LogP contribution in [0.1, 0.15) is 28.8 Å². The van der Waals surface area contributed by atoms with E-state index in [1.807, 2.05) is 58.3 Å². The van der Waals surface area contributed by atoms with E-state index >= 15 is 0 Å². The molecule has 2 fully saturated rings. The first-order chi connectivity index (χ1) is 15.1. The number of nitrogens with zero attached hydrogens (tertiary/aromatic N) is 3. The highest BCUT2D eigenvalue weighted by Gasteiger charge is 2.25.